The number of benzene rings is 4. The van der Waals surface area contributed by atoms with Crippen LogP contribution in [0.1, 0.15) is 16.7 Å². The molecule has 192 valence electrons. The van der Waals surface area contributed by atoms with E-state index < -0.39 is 0 Å². The van der Waals surface area contributed by atoms with Crippen molar-refractivity contribution in [3.05, 3.63) is 118 Å². The van der Waals surface area contributed by atoms with E-state index in [-0.39, 0.29) is 12.4 Å². The molecule has 0 aliphatic carbocycles. The highest BCUT2D eigenvalue weighted by Gasteiger charge is 2.23. The minimum atomic E-state index is 0. The lowest BCUT2D eigenvalue weighted by atomic mass is 10.1. The molecule has 4 aromatic rings. The summed E-state index contributed by atoms with van der Waals surface area (Å²) >= 11 is 3.54. The highest BCUT2D eigenvalue weighted by molar-refractivity contribution is 9.10. The molecule has 0 radical (unpaired) electrons. The minimum Gasteiger partial charge on any atom is -1.00 e. The van der Waals surface area contributed by atoms with Gasteiger partial charge in [-0.3, -0.25) is 4.58 Å². The van der Waals surface area contributed by atoms with Crippen molar-refractivity contribution in [3.63, 3.8) is 0 Å². The molecule has 4 aromatic carbocycles. The van der Waals surface area contributed by atoms with E-state index in [4.69, 9.17) is 14.2 Å². The van der Waals surface area contributed by atoms with Crippen molar-refractivity contribution in [2.24, 2.45) is 0 Å². The molecule has 0 fully saturated rings. The van der Waals surface area contributed by atoms with E-state index >= 15 is 0 Å². The van der Waals surface area contributed by atoms with Crippen LogP contribution in [0, 0.1) is 0 Å². The molecule has 0 amide bonds. The molecular weight excluding hydrogens is 552 g/mol. The van der Waals surface area contributed by atoms with Crippen LogP contribution >= 0.6 is 15.9 Å². The summed E-state index contributed by atoms with van der Waals surface area (Å²) in [4.78, 5) is 0. The molecule has 0 aliphatic heterocycles. The lowest BCUT2D eigenvalue weighted by molar-refractivity contribution is -0.559. The number of hydrogen-bond donors (Lipinski definition) is 1. The summed E-state index contributed by atoms with van der Waals surface area (Å²) in [6.45, 7) is 1.40. The van der Waals surface area contributed by atoms with Gasteiger partial charge in [0, 0.05) is 4.47 Å². The maximum atomic E-state index is 5.68. The Kier molecular flexibility index (Phi) is 10.4. The molecule has 0 spiro atoms. The Balaban J connectivity index is 0.00000380. The Morgan fingerprint density at radius 3 is 1.62 bits per heavy atom. The van der Waals surface area contributed by atoms with E-state index in [1.54, 1.807) is 21.3 Å². The molecule has 0 saturated heterocycles. The summed E-state index contributed by atoms with van der Waals surface area (Å²) in [6.07, 6.45) is 0. The lowest BCUT2D eigenvalue weighted by Gasteiger charge is -2.17. The molecule has 37 heavy (non-hydrogen) atoms. The number of methoxy groups -OCH3 is 3. The largest absolute Gasteiger partial charge is 1.00 e. The van der Waals surface area contributed by atoms with Crippen molar-refractivity contribution >= 4 is 27.5 Å². The van der Waals surface area contributed by atoms with E-state index in [1.165, 1.54) is 11.1 Å². The quantitative estimate of drug-likeness (QED) is 0.186. The normalized spacial score (nSPS) is 10.2. The summed E-state index contributed by atoms with van der Waals surface area (Å²) in [5.41, 5.74) is 4.29. The van der Waals surface area contributed by atoms with Gasteiger partial charge in [0.15, 0.2) is 11.5 Å². The second-order valence-electron chi connectivity index (χ2n) is 8.22. The van der Waals surface area contributed by atoms with Crippen molar-refractivity contribution in [2.45, 2.75) is 13.1 Å². The van der Waals surface area contributed by atoms with Gasteiger partial charge in [-0.1, -0.05) is 76.6 Å². The number of anilines is 1. The molecule has 4 rings (SSSR count). The maximum Gasteiger partial charge on any atom is 0.283 e. The summed E-state index contributed by atoms with van der Waals surface area (Å²) < 4.78 is 20.3. The fraction of sp³-hybridized carbons (Fsp3) is 0.167. The summed E-state index contributed by atoms with van der Waals surface area (Å²) in [6, 6.07) is 33.0. The fourth-order valence-corrected chi connectivity index (χ4v) is 4.31. The van der Waals surface area contributed by atoms with Gasteiger partial charge in [-0.2, -0.15) is 0 Å². The van der Waals surface area contributed by atoms with Crippen LogP contribution < -0.4 is 31.9 Å². The van der Waals surface area contributed by atoms with Crippen molar-refractivity contribution in [1.29, 1.82) is 0 Å². The highest BCUT2D eigenvalue weighted by Crippen LogP contribution is 2.38. The molecule has 0 aromatic heterocycles. The Morgan fingerprint density at radius 1 is 0.703 bits per heavy atom. The number of amidine groups is 1. The zero-order valence-corrected chi connectivity index (χ0v) is 23.4. The zero-order chi connectivity index (χ0) is 25.3. The van der Waals surface area contributed by atoms with Gasteiger partial charge < -0.3 is 26.6 Å². The monoisotopic (exact) mass is 580 g/mol. The first-order chi connectivity index (χ1) is 17.6. The SMILES string of the molecule is COc1cc(C(Nc2ccc(Br)cc2)=[N+](Cc2ccccc2)Cc2ccccc2)cc(OC)c1OC.[Cl-]. The molecule has 0 aliphatic rings. The van der Waals surface area contributed by atoms with Gasteiger partial charge in [-0.15, -0.1) is 0 Å². The average molecular weight is 582 g/mol. The van der Waals surface area contributed by atoms with Gasteiger partial charge in [0.1, 0.15) is 18.8 Å². The molecule has 0 atom stereocenters. The van der Waals surface area contributed by atoms with Crippen LogP contribution in [0.15, 0.2) is 102 Å². The second kappa shape index (κ2) is 13.7. The first-order valence-corrected chi connectivity index (χ1v) is 12.4. The van der Waals surface area contributed by atoms with E-state index in [0.717, 1.165) is 21.6 Å². The predicted octanol–water partition coefficient (Wildman–Crippen LogP) is 3.75. The van der Waals surface area contributed by atoms with Gasteiger partial charge in [-0.05, 0) is 47.5 Å². The molecule has 0 heterocycles. The van der Waals surface area contributed by atoms with Crippen LogP contribution in [0.2, 0.25) is 0 Å². The Bertz CT molecular complexity index is 1250. The first kappa shape index (κ1) is 28.1. The Labute approximate surface area is 233 Å². The van der Waals surface area contributed by atoms with Gasteiger partial charge >= 0.3 is 0 Å². The number of rotatable bonds is 9. The van der Waals surface area contributed by atoms with Crippen LogP contribution in [-0.4, -0.2) is 31.7 Å². The van der Waals surface area contributed by atoms with Gasteiger partial charge in [0.05, 0.1) is 26.9 Å². The summed E-state index contributed by atoms with van der Waals surface area (Å²) in [7, 11) is 4.88. The summed E-state index contributed by atoms with van der Waals surface area (Å²) in [5, 5.41) is 3.67. The molecule has 1 N–H and O–H groups in total. The van der Waals surface area contributed by atoms with E-state index in [1.807, 2.05) is 48.5 Å². The lowest BCUT2D eigenvalue weighted by Crippen LogP contribution is -3.00. The smallest absolute Gasteiger partial charge is 0.283 e. The number of halogens is 2. The highest BCUT2D eigenvalue weighted by atomic mass is 79.9. The Hall–Kier alpha value is -3.48. The van der Waals surface area contributed by atoms with Crippen molar-refractivity contribution in [3.8, 4) is 17.2 Å². The molecule has 0 bridgehead atoms. The number of hydrogen-bond acceptors (Lipinski definition) is 3. The number of ether oxygens (including phenoxy) is 3. The maximum absolute atomic E-state index is 5.68. The van der Waals surface area contributed by atoms with Crippen LogP contribution in [-0.2, 0) is 13.1 Å². The van der Waals surface area contributed by atoms with Crippen molar-refractivity contribution < 1.29 is 31.2 Å². The van der Waals surface area contributed by atoms with Crippen molar-refractivity contribution in [2.75, 3.05) is 26.6 Å². The molecule has 0 saturated carbocycles. The van der Waals surface area contributed by atoms with Crippen LogP contribution in [0.5, 0.6) is 17.2 Å². The minimum absolute atomic E-state index is 0. The number of nitrogens with zero attached hydrogens (tertiary/aromatic N) is 1. The van der Waals surface area contributed by atoms with E-state index in [2.05, 4.69) is 74.4 Å². The molecule has 5 nitrogen and oxygen atoms in total. The van der Waals surface area contributed by atoms with Crippen molar-refractivity contribution in [1.82, 2.24) is 0 Å². The third-order valence-corrected chi connectivity index (χ3v) is 6.32. The first-order valence-electron chi connectivity index (χ1n) is 11.6. The zero-order valence-electron chi connectivity index (χ0n) is 21.1. The number of nitrogens with one attached hydrogen (secondary N) is 1. The molecule has 7 heteroatoms. The van der Waals surface area contributed by atoms with E-state index in [0.29, 0.717) is 30.3 Å². The molecular formula is C30H30BrClN2O3. The van der Waals surface area contributed by atoms with Crippen LogP contribution in [0.3, 0.4) is 0 Å². The Morgan fingerprint density at radius 2 is 1.19 bits per heavy atom. The van der Waals surface area contributed by atoms with Gasteiger partial charge in [0.2, 0.25) is 5.75 Å². The average Bonchev–Trinajstić information content (AvgIpc) is 2.92. The topological polar surface area (TPSA) is 42.7 Å². The van der Waals surface area contributed by atoms with Gasteiger partial charge in [0.25, 0.3) is 5.84 Å². The van der Waals surface area contributed by atoms with E-state index in [9.17, 15) is 0 Å². The summed E-state index contributed by atoms with van der Waals surface area (Å²) in [5.74, 6) is 2.68. The third kappa shape index (κ3) is 7.28. The standard InChI is InChI=1S/C30H29BrN2O3.ClH/c1-34-27-18-24(19-28(35-2)29(27)36-3)30(32-26-16-14-25(31)15-17-26)33(20-22-10-6-4-7-11-22)21-23-12-8-5-9-13-23;/h4-19H,20-21H2,1-3H3;1H. The van der Waals surface area contributed by atoms with Crippen LogP contribution in [0.4, 0.5) is 5.69 Å². The second-order valence-corrected chi connectivity index (χ2v) is 9.14. The van der Waals surface area contributed by atoms with Crippen LogP contribution in [0.25, 0.3) is 0 Å². The fourth-order valence-electron chi connectivity index (χ4n) is 4.04. The predicted molar refractivity (Wildman–Crippen MR) is 149 cm³/mol. The third-order valence-electron chi connectivity index (χ3n) is 5.79. The molecule has 0 unspecified atom stereocenters. The van der Waals surface area contributed by atoms with Gasteiger partial charge in [-0.25, -0.2) is 5.32 Å².